The van der Waals surface area contributed by atoms with Crippen molar-refractivity contribution in [2.45, 2.75) is 25.3 Å². The van der Waals surface area contributed by atoms with Crippen molar-refractivity contribution in [1.29, 1.82) is 0 Å². The molecule has 3 saturated heterocycles. The van der Waals surface area contributed by atoms with Crippen LogP contribution in [-0.2, 0) is 14.4 Å². The van der Waals surface area contributed by atoms with Crippen LogP contribution in [-0.4, -0.2) is 71.7 Å². The fraction of sp³-hybridized carbons (Fsp3) is 0.769. The highest BCUT2D eigenvalue weighted by atomic mass is 16.2. The normalized spacial score (nSPS) is 29.5. The Labute approximate surface area is 112 Å². The number of hydrogen-bond acceptors (Lipinski definition) is 4. The maximum absolute atomic E-state index is 11.6. The van der Waals surface area contributed by atoms with E-state index in [0.717, 1.165) is 26.2 Å². The molecule has 3 aliphatic rings. The summed E-state index contributed by atoms with van der Waals surface area (Å²) in [5.41, 5.74) is 0. The molecule has 0 aromatic rings. The van der Waals surface area contributed by atoms with E-state index < -0.39 is 0 Å². The number of likely N-dealkylation sites (tertiary alicyclic amines) is 3. The maximum atomic E-state index is 11.6. The Balaban J connectivity index is 1.47. The van der Waals surface area contributed by atoms with Crippen molar-refractivity contribution < 1.29 is 14.4 Å². The SMILES string of the molecule is CN1CC(CN2CC(N3C(=O)CCC3=O)C2)CC1=O. The third-order valence-corrected chi connectivity index (χ3v) is 4.33. The van der Waals surface area contributed by atoms with Gasteiger partial charge in [-0.05, 0) is 5.92 Å². The van der Waals surface area contributed by atoms with Gasteiger partial charge in [0.15, 0.2) is 0 Å². The maximum Gasteiger partial charge on any atom is 0.230 e. The highest BCUT2D eigenvalue weighted by Gasteiger charge is 2.42. The van der Waals surface area contributed by atoms with Gasteiger partial charge < -0.3 is 4.90 Å². The van der Waals surface area contributed by atoms with Crippen LogP contribution in [0.2, 0.25) is 0 Å². The van der Waals surface area contributed by atoms with Crippen molar-refractivity contribution in [2.24, 2.45) is 5.92 Å². The van der Waals surface area contributed by atoms with Gasteiger partial charge in [0.2, 0.25) is 17.7 Å². The fourth-order valence-electron chi connectivity index (χ4n) is 3.30. The molecule has 3 fully saturated rings. The smallest absolute Gasteiger partial charge is 0.230 e. The van der Waals surface area contributed by atoms with Gasteiger partial charge in [0.25, 0.3) is 0 Å². The molecule has 6 heteroatoms. The molecule has 0 radical (unpaired) electrons. The summed E-state index contributed by atoms with van der Waals surface area (Å²) < 4.78 is 0. The standard InChI is InChI=1S/C13H19N3O3/c1-14-5-9(4-13(14)19)6-15-7-10(8-15)16-11(17)2-3-12(16)18/h9-10H,2-8H2,1H3. The second kappa shape index (κ2) is 4.59. The van der Waals surface area contributed by atoms with Crippen LogP contribution in [0, 0.1) is 5.92 Å². The van der Waals surface area contributed by atoms with E-state index in [1.165, 1.54) is 4.90 Å². The van der Waals surface area contributed by atoms with E-state index in [0.29, 0.717) is 25.2 Å². The third-order valence-electron chi connectivity index (χ3n) is 4.33. The van der Waals surface area contributed by atoms with Crippen molar-refractivity contribution in [1.82, 2.24) is 14.7 Å². The number of imide groups is 1. The van der Waals surface area contributed by atoms with Gasteiger partial charge in [-0.2, -0.15) is 0 Å². The minimum absolute atomic E-state index is 0.0228. The summed E-state index contributed by atoms with van der Waals surface area (Å²) in [6, 6.07) is 0.0670. The minimum Gasteiger partial charge on any atom is -0.345 e. The Kier molecular flexibility index (Phi) is 3.05. The van der Waals surface area contributed by atoms with Crippen LogP contribution in [0.3, 0.4) is 0 Å². The van der Waals surface area contributed by atoms with Crippen LogP contribution >= 0.6 is 0 Å². The van der Waals surface area contributed by atoms with Crippen molar-refractivity contribution in [3.05, 3.63) is 0 Å². The molecule has 3 amide bonds. The third kappa shape index (κ3) is 2.25. The molecule has 6 nitrogen and oxygen atoms in total. The van der Waals surface area contributed by atoms with Crippen LogP contribution < -0.4 is 0 Å². The molecule has 0 spiro atoms. The molecule has 0 aromatic heterocycles. The highest BCUT2D eigenvalue weighted by molar-refractivity contribution is 6.02. The summed E-state index contributed by atoms with van der Waals surface area (Å²) in [7, 11) is 1.84. The molecule has 1 atom stereocenters. The summed E-state index contributed by atoms with van der Waals surface area (Å²) in [5.74, 6) is 0.561. The topological polar surface area (TPSA) is 60.9 Å². The van der Waals surface area contributed by atoms with Gasteiger partial charge in [-0.25, -0.2) is 0 Å². The summed E-state index contributed by atoms with van der Waals surface area (Å²) >= 11 is 0. The molecule has 3 aliphatic heterocycles. The van der Waals surface area contributed by atoms with Crippen molar-refractivity contribution >= 4 is 17.7 Å². The number of rotatable bonds is 3. The fourth-order valence-corrected chi connectivity index (χ4v) is 3.30. The lowest BCUT2D eigenvalue weighted by molar-refractivity contribution is -0.145. The number of carbonyl (C=O) groups is 3. The predicted molar refractivity (Wildman–Crippen MR) is 67.1 cm³/mol. The van der Waals surface area contributed by atoms with Crippen molar-refractivity contribution in [2.75, 3.05) is 33.2 Å². The van der Waals surface area contributed by atoms with Crippen molar-refractivity contribution in [3.63, 3.8) is 0 Å². The molecule has 0 aliphatic carbocycles. The molecule has 3 heterocycles. The lowest BCUT2D eigenvalue weighted by Gasteiger charge is -2.44. The molecule has 1 unspecified atom stereocenters. The first kappa shape index (κ1) is 12.6. The molecule has 104 valence electrons. The quantitative estimate of drug-likeness (QED) is 0.633. The lowest BCUT2D eigenvalue weighted by atomic mass is 10.0. The molecule has 0 bridgehead atoms. The van der Waals surface area contributed by atoms with E-state index >= 15 is 0 Å². The van der Waals surface area contributed by atoms with E-state index in [2.05, 4.69) is 4.90 Å². The first-order valence-corrected chi connectivity index (χ1v) is 6.86. The summed E-state index contributed by atoms with van der Waals surface area (Å²) in [5, 5.41) is 0. The zero-order valence-corrected chi connectivity index (χ0v) is 11.2. The van der Waals surface area contributed by atoms with Gasteiger partial charge >= 0.3 is 0 Å². The molecule has 0 saturated carbocycles. The van der Waals surface area contributed by atoms with Crippen molar-refractivity contribution in [3.8, 4) is 0 Å². The largest absolute Gasteiger partial charge is 0.345 e. The first-order valence-electron chi connectivity index (χ1n) is 6.86. The number of hydrogen-bond donors (Lipinski definition) is 0. The molecule has 0 N–H and O–H groups in total. The van der Waals surface area contributed by atoms with Gasteiger partial charge in [0, 0.05) is 52.5 Å². The van der Waals surface area contributed by atoms with Gasteiger partial charge in [-0.15, -0.1) is 0 Å². The molecule has 19 heavy (non-hydrogen) atoms. The second-order valence-corrected chi connectivity index (χ2v) is 5.87. The Morgan fingerprint density at radius 1 is 1.00 bits per heavy atom. The van der Waals surface area contributed by atoms with E-state index in [9.17, 15) is 14.4 Å². The number of carbonyl (C=O) groups excluding carboxylic acids is 3. The van der Waals surface area contributed by atoms with E-state index in [1.807, 2.05) is 7.05 Å². The zero-order chi connectivity index (χ0) is 13.6. The number of nitrogens with zero attached hydrogens (tertiary/aromatic N) is 3. The van der Waals surface area contributed by atoms with E-state index in [4.69, 9.17) is 0 Å². The van der Waals surface area contributed by atoms with Gasteiger partial charge in [0.1, 0.15) is 0 Å². The summed E-state index contributed by atoms with van der Waals surface area (Å²) in [6.07, 6.45) is 1.37. The van der Waals surface area contributed by atoms with Gasteiger partial charge in [-0.3, -0.25) is 24.2 Å². The van der Waals surface area contributed by atoms with Crippen LogP contribution in [0.25, 0.3) is 0 Å². The summed E-state index contributed by atoms with van der Waals surface area (Å²) in [4.78, 5) is 40.1. The Morgan fingerprint density at radius 2 is 1.63 bits per heavy atom. The molecule has 3 rings (SSSR count). The average molecular weight is 265 g/mol. The van der Waals surface area contributed by atoms with E-state index in [-0.39, 0.29) is 23.8 Å². The monoisotopic (exact) mass is 265 g/mol. The predicted octanol–water partition coefficient (Wildman–Crippen LogP) is -0.702. The van der Waals surface area contributed by atoms with Crippen LogP contribution in [0.1, 0.15) is 19.3 Å². The minimum atomic E-state index is -0.0228. The zero-order valence-electron chi connectivity index (χ0n) is 11.2. The highest BCUT2D eigenvalue weighted by Crippen LogP contribution is 2.25. The van der Waals surface area contributed by atoms with E-state index in [1.54, 1.807) is 4.90 Å². The second-order valence-electron chi connectivity index (χ2n) is 5.87. The Morgan fingerprint density at radius 3 is 2.16 bits per heavy atom. The number of amides is 3. The van der Waals surface area contributed by atoms with Gasteiger partial charge in [-0.1, -0.05) is 0 Å². The van der Waals surface area contributed by atoms with Gasteiger partial charge in [0.05, 0.1) is 6.04 Å². The van der Waals surface area contributed by atoms with Crippen LogP contribution in [0.15, 0.2) is 0 Å². The molecular formula is C13H19N3O3. The molecular weight excluding hydrogens is 246 g/mol. The average Bonchev–Trinajstić information content (AvgIpc) is 2.78. The Hall–Kier alpha value is -1.43. The Bertz CT molecular complexity index is 415. The first-order chi connectivity index (χ1) is 9.04. The molecule has 0 aromatic carbocycles. The van der Waals surface area contributed by atoms with Crippen LogP contribution in [0.5, 0.6) is 0 Å². The van der Waals surface area contributed by atoms with Crippen LogP contribution in [0.4, 0.5) is 0 Å². The lowest BCUT2D eigenvalue weighted by Crippen LogP contribution is -2.61. The summed E-state index contributed by atoms with van der Waals surface area (Å²) in [6.45, 7) is 3.25.